The van der Waals surface area contributed by atoms with E-state index in [9.17, 15) is 14.0 Å². The standard InChI is InChI=1S/C18H17FN2O3S/c1-11-15(17(22)24-2)16(13-7-3-4-8-14(13)19)20-18(23)21(11)10-12-6-5-9-25-12/h3-9,16H,10H2,1-2H3,(H,20,23)/t16-/m0/s1. The molecular formula is C18H17FN2O3S. The van der Waals surface area contributed by atoms with Crippen LogP contribution >= 0.6 is 11.3 Å². The van der Waals surface area contributed by atoms with Gasteiger partial charge in [0.05, 0.1) is 25.3 Å². The highest BCUT2D eigenvalue weighted by Crippen LogP contribution is 2.33. The van der Waals surface area contributed by atoms with Crippen molar-refractivity contribution in [3.05, 3.63) is 69.3 Å². The molecule has 3 rings (SSSR count). The van der Waals surface area contributed by atoms with Gasteiger partial charge in [-0.05, 0) is 24.4 Å². The van der Waals surface area contributed by atoms with Crippen LogP contribution in [-0.4, -0.2) is 24.0 Å². The lowest BCUT2D eigenvalue weighted by Crippen LogP contribution is -2.47. The first kappa shape index (κ1) is 17.2. The Morgan fingerprint density at radius 2 is 2.08 bits per heavy atom. The van der Waals surface area contributed by atoms with Crippen LogP contribution in [0.2, 0.25) is 0 Å². The molecule has 2 amide bonds. The number of methoxy groups -OCH3 is 1. The Morgan fingerprint density at radius 3 is 2.72 bits per heavy atom. The van der Waals surface area contributed by atoms with E-state index in [4.69, 9.17) is 4.74 Å². The van der Waals surface area contributed by atoms with Gasteiger partial charge in [-0.2, -0.15) is 0 Å². The fourth-order valence-corrected chi connectivity index (χ4v) is 3.54. The molecule has 1 atom stereocenters. The summed E-state index contributed by atoms with van der Waals surface area (Å²) in [6.07, 6.45) is 0. The number of esters is 1. The quantitative estimate of drug-likeness (QED) is 0.848. The first-order chi connectivity index (χ1) is 12.0. The van der Waals surface area contributed by atoms with E-state index in [-0.39, 0.29) is 17.2 Å². The Bertz CT molecular complexity index is 833. The molecule has 1 N–H and O–H groups in total. The molecule has 25 heavy (non-hydrogen) atoms. The van der Waals surface area contributed by atoms with Crippen molar-refractivity contribution in [3.8, 4) is 0 Å². The molecule has 1 aromatic carbocycles. The normalized spacial score (nSPS) is 17.5. The summed E-state index contributed by atoms with van der Waals surface area (Å²) < 4.78 is 19.1. The zero-order chi connectivity index (χ0) is 18.0. The number of hydrogen-bond acceptors (Lipinski definition) is 4. The summed E-state index contributed by atoms with van der Waals surface area (Å²) in [5.41, 5.74) is 0.910. The number of nitrogens with one attached hydrogen (secondary N) is 1. The Labute approximate surface area is 148 Å². The van der Waals surface area contributed by atoms with Gasteiger partial charge in [-0.1, -0.05) is 24.3 Å². The number of benzene rings is 1. The highest BCUT2D eigenvalue weighted by Gasteiger charge is 2.37. The second kappa shape index (κ2) is 7.06. The Kier molecular flexibility index (Phi) is 4.85. The number of urea groups is 1. The largest absolute Gasteiger partial charge is 0.466 e. The molecule has 2 heterocycles. The van der Waals surface area contributed by atoms with E-state index < -0.39 is 17.8 Å². The lowest BCUT2D eigenvalue weighted by Gasteiger charge is -2.35. The number of nitrogens with zero attached hydrogens (tertiary/aromatic N) is 1. The monoisotopic (exact) mass is 360 g/mol. The fourth-order valence-electron chi connectivity index (χ4n) is 2.85. The second-order valence-electron chi connectivity index (χ2n) is 5.56. The maximum atomic E-state index is 14.2. The third kappa shape index (κ3) is 3.28. The molecular weight excluding hydrogens is 343 g/mol. The van der Waals surface area contributed by atoms with Crippen LogP contribution in [-0.2, 0) is 16.1 Å². The number of carbonyl (C=O) groups excluding carboxylic acids is 2. The van der Waals surface area contributed by atoms with Gasteiger partial charge >= 0.3 is 12.0 Å². The molecule has 5 nitrogen and oxygen atoms in total. The highest BCUT2D eigenvalue weighted by atomic mass is 32.1. The number of hydrogen-bond donors (Lipinski definition) is 1. The molecule has 0 unspecified atom stereocenters. The molecule has 0 spiro atoms. The summed E-state index contributed by atoms with van der Waals surface area (Å²) in [6, 6.07) is 8.59. The van der Waals surface area contributed by atoms with Crippen molar-refractivity contribution in [1.82, 2.24) is 10.2 Å². The summed E-state index contributed by atoms with van der Waals surface area (Å²) in [4.78, 5) is 27.4. The maximum absolute atomic E-state index is 14.2. The van der Waals surface area contributed by atoms with Gasteiger partial charge in [0, 0.05) is 16.1 Å². The van der Waals surface area contributed by atoms with Crippen molar-refractivity contribution < 1.29 is 18.7 Å². The highest BCUT2D eigenvalue weighted by molar-refractivity contribution is 7.09. The minimum atomic E-state index is -0.888. The number of ether oxygens (including phenoxy) is 1. The molecule has 0 fully saturated rings. The zero-order valence-corrected chi connectivity index (χ0v) is 14.6. The van der Waals surface area contributed by atoms with E-state index in [0.29, 0.717) is 12.2 Å². The van der Waals surface area contributed by atoms with E-state index in [1.165, 1.54) is 29.4 Å². The summed E-state index contributed by atoms with van der Waals surface area (Å²) in [5, 5.41) is 4.64. The van der Waals surface area contributed by atoms with E-state index in [1.54, 1.807) is 25.1 Å². The summed E-state index contributed by atoms with van der Waals surface area (Å²) in [7, 11) is 1.26. The Morgan fingerprint density at radius 1 is 1.32 bits per heavy atom. The fraction of sp³-hybridized carbons (Fsp3) is 0.222. The molecule has 2 aromatic rings. The van der Waals surface area contributed by atoms with Crippen LogP contribution in [0.25, 0.3) is 0 Å². The third-order valence-electron chi connectivity index (χ3n) is 4.11. The molecule has 0 saturated heterocycles. The number of amides is 2. The van der Waals surface area contributed by atoms with E-state index >= 15 is 0 Å². The molecule has 1 aliphatic heterocycles. The maximum Gasteiger partial charge on any atom is 0.337 e. The van der Waals surface area contributed by atoms with E-state index in [1.807, 2.05) is 17.5 Å². The molecule has 7 heteroatoms. The molecule has 1 aliphatic rings. The number of thiophene rings is 1. The van der Waals surface area contributed by atoms with Gasteiger partial charge in [-0.3, -0.25) is 4.90 Å². The average Bonchev–Trinajstić information content (AvgIpc) is 3.11. The van der Waals surface area contributed by atoms with Gasteiger partial charge in [-0.25, -0.2) is 14.0 Å². The molecule has 130 valence electrons. The first-order valence-corrected chi connectivity index (χ1v) is 8.54. The summed E-state index contributed by atoms with van der Waals surface area (Å²) in [5.74, 6) is -1.09. The predicted molar refractivity (Wildman–Crippen MR) is 92.3 cm³/mol. The van der Waals surface area contributed by atoms with Crippen molar-refractivity contribution in [2.45, 2.75) is 19.5 Å². The van der Waals surface area contributed by atoms with Crippen molar-refractivity contribution in [1.29, 1.82) is 0 Å². The van der Waals surface area contributed by atoms with Crippen molar-refractivity contribution >= 4 is 23.3 Å². The Balaban J connectivity index is 2.06. The van der Waals surface area contributed by atoms with Crippen molar-refractivity contribution in [2.75, 3.05) is 7.11 Å². The van der Waals surface area contributed by atoms with Crippen LogP contribution in [0.3, 0.4) is 0 Å². The second-order valence-corrected chi connectivity index (χ2v) is 6.59. The average molecular weight is 360 g/mol. The lowest BCUT2D eigenvalue weighted by atomic mass is 9.94. The molecule has 0 aliphatic carbocycles. The molecule has 1 aromatic heterocycles. The topological polar surface area (TPSA) is 58.6 Å². The number of allylic oxidation sites excluding steroid dienone is 1. The van der Waals surface area contributed by atoms with Gasteiger partial charge in [0.1, 0.15) is 5.82 Å². The molecule has 0 radical (unpaired) electrons. The minimum absolute atomic E-state index is 0.226. The van der Waals surface area contributed by atoms with E-state index in [0.717, 1.165) is 4.88 Å². The molecule has 0 bridgehead atoms. The summed E-state index contributed by atoms with van der Waals surface area (Å²) in [6.45, 7) is 2.01. The van der Waals surface area contributed by atoms with Crippen molar-refractivity contribution in [2.24, 2.45) is 0 Å². The molecule has 0 saturated carbocycles. The number of rotatable bonds is 4. The van der Waals surface area contributed by atoms with Gasteiger partial charge in [-0.15, -0.1) is 11.3 Å². The van der Waals surface area contributed by atoms with Crippen LogP contribution < -0.4 is 5.32 Å². The smallest absolute Gasteiger partial charge is 0.337 e. The van der Waals surface area contributed by atoms with E-state index in [2.05, 4.69) is 5.32 Å². The SMILES string of the molecule is COC(=O)C1=C(C)N(Cc2cccs2)C(=O)N[C@H]1c1ccccc1F. The van der Waals surface area contributed by atoms with Gasteiger partial charge in [0.15, 0.2) is 0 Å². The third-order valence-corrected chi connectivity index (χ3v) is 4.97. The number of carbonyl (C=O) groups is 2. The Hall–Kier alpha value is -2.67. The van der Waals surface area contributed by atoms with Crippen LogP contribution in [0, 0.1) is 5.82 Å². The van der Waals surface area contributed by atoms with Gasteiger partial charge in [0.2, 0.25) is 0 Å². The lowest BCUT2D eigenvalue weighted by molar-refractivity contribution is -0.136. The van der Waals surface area contributed by atoms with Crippen LogP contribution in [0.15, 0.2) is 53.0 Å². The van der Waals surface area contributed by atoms with Crippen LogP contribution in [0.1, 0.15) is 23.4 Å². The van der Waals surface area contributed by atoms with Gasteiger partial charge < -0.3 is 10.1 Å². The summed E-state index contributed by atoms with van der Waals surface area (Å²) >= 11 is 1.52. The first-order valence-electron chi connectivity index (χ1n) is 7.67. The van der Waals surface area contributed by atoms with Crippen LogP contribution in [0.4, 0.5) is 9.18 Å². The van der Waals surface area contributed by atoms with Crippen molar-refractivity contribution in [3.63, 3.8) is 0 Å². The zero-order valence-electron chi connectivity index (χ0n) is 13.8. The van der Waals surface area contributed by atoms with Gasteiger partial charge in [0.25, 0.3) is 0 Å². The minimum Gasteiger partial charge on any atom is -0.466 e. The number of halogens is 1. The van der Waals surface area contributed by atoms with Crippen LogP contribution in [0.5, 0.6) is 0 Å². The predicted octanol–water partition coefficient (Wildman–Crippen LogP) is 3.60.